The highest BCUT2D eigenvalue weighted by Crippen LogP contribution is 2.43. The van der Waals surface area contributed by atoms with Crippen molar-refractivity contribution in [1.29, 1.82) is 0 Å². The van der Waals surface area contributed by atoms with Gasteiger partial charge in [0.1, 0.15) is 29.9 Å². The van der Waals surface area contributed by atoms with Crippen molar-refractivity contribution in [2.75, 3.05) is 13.7 Å². The molecule has 6 nitrogen and oxygen atoms in total. The Labute approximate surface area is 199 Å². The minimum Gasteiger partial charge on any atom is -0.387 e. The molecule has 6 atom stereocenters. The zero-order chi connectivity index (χ0) is 22.7. The van der Waals surface area contributed by atoms with Gasteiger partial charge in [0.15, 0.2) is 12.1 Å². The lowest BCUT2D eigenvalue weighted by molar-refractivity contribution is -0.351. The van der Waals surface area contributed by atoms with Gasteiger partial charge in [-0.05, 0) is 25.0 Å². The summed E-state index contributed by atoms with van der Waals surface area (Å²) < 4.78 is 31.2. The van der Waals surface area contributed by atoms with Crippen LogP contribution in [0, 0.1) is 0 Å². The van der Waals surface area contributed by atoms with Gasteiger partial charge < -0.3 is 28.8 Å². The van der Waals surface area contributed by atoms with Gasteiger partial charge in [0.2, 0.25) is 0 Å². The van der Waals surface area contributed by atoms with Crippen molar-refractivity contribution in [3.8, 4) is 0 Å². The van der Waals surface area contributed by atoms with Crippen LogP contribution >= 0.6 is 11.8 Å². The van der Waals surface area contributed by atoms with Crippen LogP contribution in [-0.4, -0.2) is 54.5 Å². The van der Waals surface area contributed by atoms with Crippen LogP contribution < -0.4 is 0 Å². The number of fused-ring (bicyclic) bond motifs is 1. The van der Waals surface area contributed by atoms with Crippen LogP contribution in [-0.2, 0) is 23.7 Å². The normalized spacial score (nSPS) is 33.9. The zero-order valence-electron chi connectivity index (χ0n) is 18.9. The van der Waals surface area contributed by atoms with E-state index in [1.807, 2.05) is 60.7 Å². The molecule has 0 amide bonds. The molecular weight excluding hydrogens is 440 g/mol. The molecule has 0 bridgehead atoms. The Kier molecular flexibility index (Phi) is 7.37. The molecular formula is C26H32O6S. The molecule has 178 valence electrons. The molecule has 0 radical (unpaired) electrons. The first-order chi connectivity index (χ1) is 16.2. The molecule has 1 N–H and O–H groups in total. The van der Waals surface area contributed by atoms with Gasteiger partial charge in [-0.15, -0.1) is 0 Å². The summed E-state index contributed by atoms with van der Waals surface area (Å²) in [7, 11) is 1.69. The van der Waals surface area contributed by atoms with E-state index in [0.29, 0.717) is 6.61 Å². The third-order valence-electron chi connectivity index (χ3n) is 6.71. The van der Waals surface area contributed by atoms with Crippen molar-refractivity contribution in [3.63, 3.8) is 0 Å². The Morgan fingerprint density at radius 2 is 1.64 bits per heavy atom. The molecule has 2 saturated heterocycles. The Bertz CT molecular complexity index is 875. The van der Waals surface area contributed by atoms with Crippen LogP contribution in [0.4, 0.5) is 0 Å². The van der Waals surface area contributed by atoms with Gasteiger partial charge in [-0.25, -0.2) is 0 Å². The van der Waals surface area contributed by atoms with Gasteiger partial charge >= 0.3 is 0 Å². The second-order valence-electron chi connectivity index (χ2n) is 8.90. The second-order valence-corrected chi connectivity index (χ2v) is 10.1. The molecule has 0 aromatic heterocycles. The lowest BCUT2D eigenvalue weighted by Gasteiger charge is -2.50. The summed E-state index contributed by atoms with van der Waals surface area (Å²) in [6, 6.07) is 19.8. The van der Waals surface area contributed by atoms with E-state index >= 15 is 0 Å². The maximum atomic E-state index is 11.6. The van der Waals surface area contributed by atoms with Crippen molar-refractivity contribution in [2.24, 2.45) is 0 Å². The number of benzene rings is 2. The number of rotatable bonds is 6. The molecule has 2 heterocycles. The molecule has 0 spiro atoms. The summed E-state index contributed by atoms with van der Waals surface area (Å²) >= 11 is 1.55. The van der Waals surface area contributed by atoms with E-state index in [9.17, 15) is 5.11 Å². The number of hydrogen-bond donors (Lipinski definition) is 1. The highest BCUT2D eigenvalue weighted by Gasteiger charge is 2.52. The summed E-state index contributed by atoms with van der Waals surface area (Å²) in [5, 5.41) is 11.6. The lowest BCUT2D eigenvalue weighted by Crippen LogP contribution is -2.63. The first-order valence-electron chi connectivity index (χ1n) is 11.8. The molecule has 2 aromatic carbocycles. The van der Waals surface area contributed by atoms with E-state index in [1.54, 1.807) is 18.9 Å². The summed E-state index contributed by atoms with van der Waals surface area (Å²) in [5.74, 6) is -0.709. The maximum Gasteiger partial charge on any atom is 0.184 e. The maximum absolute atomic E-state index is 11.6. The minimum atomic E-state index is -0.881. The van der Waals surface area contributed by atoms with E-state index in [2.05, 4.69) is 0 Å². The molecule has 7 heteroatoms. The molecule has 1 saturated carbocycles. The van der Waals surface area contributed by atoms with Crippen LogP contribution in [0.3, 0.4) is 0 Å². The summed E-state index contributed by atoms with van der Waals surface area (Å²) in [4.78, 5) is 1.05. The van der Waals surface area contributed by atoms with Gasteiger partial charge in [-0.1, -0.05) is 66.7 Å². The third kappa shape index (κ3) is 5.15. The molecule has 2 aliphatic heterocycles. The van der Waals surface area contributed by atoms with Crippen LogP contribution in [0.1, 0.15) is 44.0 Å². The zero-order valence-corrected chi connectivity index (χ0v) is 19.7. The first kappa shape index (κ1) is 23.3. The summed E-state index contributed by atoms with van der Waals surface area (Å²) in [6.07, 6.45) is 1.89. The molecule has 33 heavy (non-hydrogen) atoms. The molecule has 1 aliphatic carbocycles. The van der Waals surface area contributed by atoms with Crippen LogP contribution in [0.5, 0.6) is 0 Å². The predicted octanol–water partition coefficient (Wildman–Crippen LogP) is 4.67. The SMILES string of the molecule is COC1(O[C@@H]2[C@@H](O)[C@@H]3OC(c4ccccc4)OC[C@H]3O[C@H]2Sc2ccccc2)CCCCC1. The van der Waals surface area contributed by atoms with E-state index < -0.39 is 35.8 Å². The third-order valence-corrected chi connectivity index (χ3v) is 7.87. The number of hydrogen-bond acceptors (Lipinski definition) is 7. The quantitative estimate of drug-likeness (QED) is 0.613. The van der Waals surface area contributed by atoms with Gasteiger partial charge in [0, 0.05) is 30.4 Å². The first-order valence-corrected chi connectivity index (χ1v) is 12.7. The molecule has 1 unspecified atom stereocenters. The highest BCUT2D eigenvalue weighted by molar-refractivity contribution is 7.99. The van der Waals surface area contributed by atoms with E-state index in [0.717, 1.165) is 36.1 Å². The highest BCUT2D eigenvalue weighted by atomic mass is 32.2. The fourth-order valence-electron chi connectivity index (χ4n) is 4.91. The molecule has 3 aliphatic rings. The van der Waals surface area contributed by atoms with Gasteiger partial charge in [-0.2, -0.15) is 0 Å². The van der Waals surface area contributed by atoms with Gasteiger partial charge in [-0.3, -0.25) is 0 Å². The Hall–Kier alpha value is -1.45. The molecule has 5 rings (SSSR count). The summed E-state index contributed by atoms with van der Waals surface area (Å²) in [6.45, 7) is 0.343. The van der Waals surface area contributed by atoms with Crippen molar-refractivity contribution in [2.45, 2.75) is 78.9 Å². The molecule has 2 aromatic rings. The second kappa shape index (κ2) is 10.4. The average molecular weight is 473 g/mol. The Balaban J connectivity index is 1.39. The number of methoxy groups -OCH3 is 1. The van der Waals surface area contributed by atoms with Crippen molar-refractivity contribution in [1.82, 2.24) is 0 Å². The summed E-state index contributed by atoms with van der Waals surface area (Å²) in [5.41, 5.74) is 0.500. The van der Waals surface area contributed by atoms with Crippen LogP contribution in [0.25, 0.3) is 0 Å². The average Bonchev–Trinajstić information content (AvgIpc) is 2.88. The van der Waals surface area contributed by atoms with Crippen LogP contribution in [0.15, 0.2) is 65.6 Å². The lowest BCUT2D eigenvalue weighted by atomic mass is 9.92. The smallest absolute Gasteiger partial charge is 0.184 e. The minimum absolute atomic E-state index is 0.343. The fourth-order valence-corrected chi connectivity index (χ4v) is 6.04. The monoisotopic (exact) mass is 472 g/mol. The Morgan fingerprint density at radius 1 is 0.939 bits per heavy atom. The van der Waals surface area contributed by atoms with Crippen LogP contribution in [0.2, 0.25) is 0 Å². The number of aliphatic hydroxyl groups is 1. The van der Waals surface area contributed by atoms with Crippen molar-refractivity contribution in [3.05, 3.63) is 66.2 Å². The van der Waals surface area contributed by atoms with E-state index in [-0.39, 0.29) is 6.10 Å². The van der Waals surface area contributed by atoms with Crippen molar-refractivity contribution >= 4 is 11.8 Å². The standard InChI is InChI=1S/C26H32O6S/c1-28-26(15-9-4-10-16-26)32-23-21(27)22-20(30-25(23)33-19-13-7-3-8-14-19)17-29-24(31-22)18-11-5-2-6-12-18/h2-3,5-8,11-14,20-25,27H,4,9-10,15-17H2,1H3/t20-,21+,22-,23-,24?,25+/m1/s1. The van der Waals surface area contributed by atoms with Gasteiger partial charge in [0.25, 0.3) is 0 Å². The Morgan fingerprint density at radius 3 is 2.33 bits per heavy atom. The number of thioether (sulfide) groups is 1. The van der Waals surface area contributed by atoms with Crippen molar-refractivity contribution < 1.29 is 28.8 Å². The van der Waals surface area contributed by atoms with E-state index in [4.69, 9.17) is 23.7 Å². The largest absolute Gasteiger partial charge is 0.387 e. The predicted molar refractivity (Wildman–Crippen MR) is 125 cm³/mol. The number of ether oxygens (including phenoxy) is 5. The molecule has 3 fully saturated rings. The fraction of sp³-hybridized carbons (Fsp3) is 0.538. The van der Waals surface area contributed by atoms with E-state index in [1.165, 1.54) is 6.42 Å². The topological polar surface area (TPSA) is 66.4 Å². The van der Waals surface area contributed by atoms with Gasteiger partial charge in [0.05, 0.1) is 6.61 Å². The number of aliphatic hydroxyl groups excluding tert-OH is 1.